The van der Waals surface area contributed by atoms with Crippen LogP contribution in [-0.4, -0.2) is 36.0 Å². The monoisotopic (exact) mass is 259 g/mol. The molecular formula is C12H25N3O3. The van der Waals surface area contributed by atoms with Crippen LogP contribution in [0.5, 0.6) is 0 Å². The number of Topliss-reactive ketones (excluding diaryl/α,β-unsaturated/α-hetero) is 1. The molecule has 2 unspecified atom stereocenters. The van der Waals surface area contributed by atoms with Gasteiger partial charge < -0.3 is 22.3 Å². The summed E-state index contributed by atoms with van der Waals surface area (Å²) in [5, 5.41) is 9.04. The fourth-order valence-corrected chi connectivity index (χ4v) is 1.79. The SMILES string of the molecule is NCCCCC(N)C(=O)C(CCCCN)C(=O)O. The van der Waals surface area contributed by atoms with Crippen LogP contribution in [0.3, 0.4) is 0 Å². The fourth-order valence-electron chi connectivity index (χ4n) is 1.79. The molecule has 0 amide bonds. The maximum absolute atomic E-state index is 11.9. The van der Waals surface area contributed by atoms with E-state index in [0.29, 0.717) is 32.4 Å². The van der Waals surface area contributed by atoms with E-state index in [4.69, 9.17) is 22.3 Å². The Labute approximate surface area is 108 Å². The number of hydrogen-bond acceptors (Lipinski definition) is 5. The van der Waals surface area contributed by atoms with Crippen molar-refractivity contribution in [1.29, 1.82) is 0 Å². The van der Waals surface area contributed by atoms with Gasteiger partial charge in [-0.25, -0.2) is 0 Å². The lowest BCUT2D eigenvalue weighted by atomic mass is 9.91. The minimum atomic E-state index is -1.09. The normalized spacial score (nSPS) is 14.2. The minimum Gasteiger partial charge on any atom is -0.481 e. The van der Waals surface area contributed by atoms with E-state index in [1.807, 2.05) is 0 Å². The van der Waals surface area contributed by atoms with Gasteiger partial charge in [0.05, 0.1) is 6.04 Å². The third kappa shape index (κ3) is 6.68. The predicted octanol–water partition coefficient (Wildman–Crippen LogP) is -0.158. The van der Waals surface area contributed by atoms with Crippen molar-refractivity contribution in [2.24, 2.45) is 23.1 Å². The molecule has 106 valence electrons. The van der Waals surface area contributed by atoms with Crippen molar-refractivity contribution >= 4 is 11.8 Å². The summed E-state index contributed by atoms with van der Waals surface area (Å²) in [4.78, 5) is 22.9. The van der Waals surface area contributed by atoms with Crippen molar-refractivity contribution in [2.75, 3.05) is 13.1 Å². The first-order chi connectivity index (χ1) is 8.54. The topological polar surface area (TPSA) is 132 Å². The molecule has 0 aliphatic heterocycles. The van der Waals surface area contributed by atoms with Crippen LogP contribution in [0.4, 0.5) is 0 Å². The number of carboxylic acid groups (broad SMARTS) is 1. The average molecular weight is 259 g/mol. The van der Waals surface area contributed by atoms with Gasteiger partial charge in [0.15, 0.2) is 5.78 Å². The first-order valence-electron chi connectivity index (χ1n) is 6.46. The van der Waals surface area contributed by atoms with Crippen LogP contribution in [0.2, 0.25) is 0 Å². The highest BCUT2D eigenvalue weighted by atomic mass is 16.4. The Hall–Kier alpha value is -0.980. The van der Waals surface area contributed by atoms with Crippen LogP contribution in [0.15, 0.2) is 0 Å². The lowest BCUT2D eigenvalue weighted by molar-refractivity contribution is -0.147. The second-order valence-corrected chi connectivity index (χ2v) is 4.47. The summed E-state index contributed by atoms with van der Waals surface area (Å²) in [6.07, 6.45) is 3.71. The molecule has 0 heterocycles. The van der Waals surface area contributed by atoms with Gasteiger partial charge in [-0.1, -0.05) is 12.8 Å². The number of carboxylic acids is 1. The van der Waals surface area contributed by atoms with Gasteiger partial charge in [-0.15, -0.1) is 0 Å². The van der Waals surface area contributed by atoms with Gasteiger partial charge in [-0.3, -0.25) is 9.59 Å². The van der Waals surface area contributed by atoms with Crippen LogP contribution >= 0.6 is 0 Å². The number of ketones is 1. The quantitative estimate of drug-likeness (QED) is 0.301. The van der Waals surface area contributed by atoms with Crippen LogP contribution in [0, 0.1) is 5.92 Å². The average Bonchev–Trinajstić information content (AvgIpc) is 2.33. The molecule has 2 atom stereocenters. The Morgan fingerprint density at radius 2 is 1.44 bits per heavy atom. The molecule has 0 rings (SSSR count). The van der Waals surface area contributed by atoms with Crippen LogP contribution in [-0.2, 0) is 9.59 Å². The Balaban J connectivity index is 4.23. The lowest BCUT2D eigenvalue weighted by Crippen LogP contribution is -2.39. The molecule has 6 heteroatoms. The zero-order valence-electron chi connectivity index (χ0n) is 10.8. The van der Waals surface area contributed by atoms with Crippen LogP contribution in [0.25, 0.3) is 0 Å². The van der Waals surface area contributed by atoms with Gasteiger partial charge in [-0.05, 0) is 38.8 Å². The summed E-state index contributed by atoms with van der Waals surface area (Å²) in [6, 6.07) is -0.699. The van der Waals surface area contributed by atoms with Gasteiger partial charge in [-0.2, -0.15) is 0 Å². The Bertz CT molecular complexity index is 259. The summed E-state index contributed by atoms with van der Waals surface area (Å²) >= 11 is 0. The number of carbonyl (C=O) groups is 2. The number of hydrogen-bond donors (Lipinski definition) is 4. The number of aliphatic carboxylic acids is 1. The fraction of sp³-hybridized carbons (Fsp3) is 0.833. The van der Waals surface area contributed by atoms with Crippen molar-refractivity contribution in [3.8, 4) is 0 Å². The smallest absolute Gasteiger partial charge is 0.314 e. The molecule has 0 aliphatic rings. The van der Waals surface area contributed by atoms with Crippen molar-refractivity contribution in [1.82, 2.24) is 0 Å². The molecule has 0 saturated carbocycles. The van der Waals surface area contributed by atoms with E-state index in [1.165, 1.54) is 0 Å². The molecule has 0 radical (unpaired) electrons. The van der Waals surface area contributed by atoms with Crippen molar-refractivity contribution in [3.05, 3.63) is 0 Å². The zero-order chi connectivity index (χ0) is 14.0. The van der Waals surface area contributed by atoms with Crippen LogP contribution < -0.4 is 17.2 Å². The third-order valence-corrected chi connectivity index (χ3v) is 2.92. The van der Waals surface area contributed by atoms with Crippen molar-refractivity contribution in [2.45, 2.75) is 44.6 Å². The van der Waals surface area contributed by atoms with Gasteiger partial charge in [0.2, 0.25) is 0 Å². The van der Waals surface area contributed by atoms with Gasteiger partial charge in [0, 0.05) is 0 Å². The Morgan fingerprint density at radius 3 is 1.89 bits per heavy atom. The number of nitrogens with two attached hydrogens (primary N) is 3. The molecule has 6 nitrogen and oxygen atoms in total. The van der Waals surface area contributed by atoms with E-state index in [9.17, 15) is 9.59 Å². The Morgan fingerprint density at radius 1 is 0.944 bits per heavy atom. The molecule has 7 N–H and O–H groups in total. The van der Waals surface area contributed by atoms with Gasteiger partial charge in [0.25, 0.3) is 0 Å². The third-order valence-electron chi connectivity index (χ3n) is 2.92. The van der Waals surface area contributed by atoms with E-state index >= 15 is 0 Å². The highest BCUT2D eigenvalue weighted by molar-refractivity contribution is 6.00. The minimum absolute atomic E-state index is 0.315. The standard InChI is InChI=1S/C12H25N3O3/c13-7-3-1-5-9(12(17)18)11(16)10(15)6-2-4-8-14/h9-10H,1-8,13-15H2,(H,17,18). The summed E-state index contributed by atoms with van der Waals surface area (Å²) in [7, 11) is 0. The summed E-state index contributed by atoms with van der Waals surface area (Å²) in [5.41, 5.74) is 16.4. The maximum Gasteiger partial charge on any atom is 0.314 e. The number of carbonyl (C=O) groups excluding carboxylic acids is 1. The van der Waals surface area contributed by atoms with Crippen molar-refractivity contribution < 1.29 is 14.7 Å². The predicted molar refractivity (Wildman–Crippen MR) is 69.9 cm³/mol. The molecular weight excluding hydrogens is 234 g/mol. The second kappa shape index (κ2) is 9.99. The van der Waals surface area contributed by atoms with E-state index in [-0.39, 0.29) is 5.78 Å². The summed E-state index contributed by atoms with van der Waals surface area (Å²) in [5.74, 6) is -2.47. The molecule has 0 spiro atoms. The van der Waals surface area contributed by atoms with E-state index in [1.54, 1.807) is 0 Å². The number of unbranched alkanes of at least 4 members (excludes halogenated alkanes) is 2. The van der Waals surface area contributed by atoms with Gasteiger partial charge in [0.1, 0.15) is 5.92 Å². The first kappa shape index (κ1) is 17.0. The van der Waals surface area contributed by atoms with E-state index in [0.717, 1.165) is 19.3 Å². The molecule has 0 fully saturated rings. The van der Waals surface area contributed by atoms with Gasteiger partial charge >= 0.3 is 5.97 Å². The molecule has 0 aromatic heterocycles. The molecule has 0 aromatic rings. The van der Waals surface area contributed by atoms with E-state index in [2.05, 4.69) is 0 Å². The number of rotatable bonds is 11. The lowest BCUT2D eigenvalue weighted by Gasteiger charge is -2.16. The first-order valence-corrected chi connectivity index (χ1v) is 6.46. The second-order valence-electron chi connectivity index (χ2n) is 4.47. The molecule has 18 heavy (non-hydrogen) atoms. The maximum atomic E-state index is 11.9. The zero-order valence-corrected chi connectivity index (χ0v) is 10.8. The highest BCUT2D eigenvalue weighted by Gasteiger charge is 2.29. The summed E-state index contributed by atoms with van der Waals surface area (Å²) < 4.78 is 0. The van der Waals surface area contributed by atoms with Crippen molar-refractivity contribution in [3.63, 3.8) is 0 Å². The van der Waals surface area contributed by atoms with Crippen LogP contribution in [0.1, 0.15) is 38.5 Å². The molecule has 0 aliphatic carbocycles. The summed E-state index contributed by atoms with van der Waals surface area (Å²) in [6.45, 7) is 1.06. The molecule has 0 saturated heterocycles. The largest absolute Gasteiger partial charge is 0.481 e. The molecule has 0 bridgehead atoms. The molecule has 0 aromatic carbocycles. The highest BCUT2D eigenvalue weighted by Crippen LogP contribution is 2.14. The van der Waals surface area contributed by atoms with E-state index < -0.39 is 17.9 Å². The Kier molecular flexibility index (Phi) is 9.45.